The summed E-state index contributed by atoms with van der Waals surface area (Å²) in [5.41, 5.74) is 3.24. The van der Waals surface area contributed by atoms with E-state index >= 15 is 0 Å². The molecule has 0 saturated heterocycles. The number of rotatable bonds is 4. The van der Waals surface area contributed by atoms with Gasteiger partial charge in [-0.1, -0.05) is 23.7 Å². The first-order valence-electron chi connectivity index (χ1n) is 8.34. The van der Waals surface area contributed by atoms with Gasteiger partial charge in [-0.25, -0.2) is 0 Å². The van der Waals surface area contributed by atoms with Crippen LogP contribution in [0.1, 0.15) is 11.3 Å². The van der Waals surface area contributed by atoms with Crippen LogP contribution in [0.3, 0.4) is 0 Å². The average Bonchev–Trinajstić information content (AvgIpc) is 3.12. The molecular weight excluding hydrogens is 392 g/mol. The molecule has 0 fully saturated rings. The Kier molecular flexibility index (Phi) is 5.06. The lowest BCUT2D eigenvalue weighted by Crippen LogP contribution is -2.00. The molecule has 0 atom stereocenters. The Morgan fingerprint density at radius 3 is 2.46 bits per heavy atom. The maximum atomic E-state index is 8.89. The minimum absolute atomic E-state index is 0.270. The zero-order valence-electron chi connectivity index (χ0n) is 14.7. The van der Waals surface area contributed by atoms with Gasteiger partial charge in [0.25, 0.3) is 0 Å². The van der Waals surface area contributed by atoms with E-state index in [-0.39, 0.29) is 5.69 Å². The van der Waals surface area contributed by atoms with Gasteiger partial charge in [0, 0.05) is 10.6 Å². The van der Waals surface area contributed by atoms with Gasteiger partial charge in [0.05, 0.1) is 5.69 Å². The maximum Gasteiger partial charge on any atom is 0.202 e. The smallest absolute Gasteiger partial charge is 0.202 e. The molecule has 0 bridgehead atoms. The molecule has 0 aliphatic carbocycles. The average molecular weight is 405 g/mol. The topological polar surface area (TPSA) is 80.3 Å². The summed E-state index contributed by atoms with van der Waals surface area (Å²) in [7, 11) is 0. The Hall–Kier alpha value is -3.21. The van der Waals surface area contributed by atoms with Crippen LogP contribution >= 0.6 is 23.4 Å². The minimum atomic E-state index is 0.270. The van der Waals surface area contributed by atoms with Gasteiger partial charge in [0.2, 0.25) is 5.16 Å². The van der Waals surface area contributed by atoms with E-state index in [0.717, 1.165) is 16.8 Å². The molecule has 0 aliphatic rings. The number of nitrogens with zero attached hydrogens (tertiary/aromatic N) is 6. The number of nitriles is 1. The lowest BCUT2D eigenvalue weighted by Gasteiger charge is -2.11. The van der Waals surface area contributed by atoms with Crippen LogP contribution in [0.5, 0.6) is 0 Å². The Bertz CT molecular complexity index is 1160. The van der Waals surface area contributed by atoms with E-state index in [2.05, 4.69) is 26.5 Å². The summed E-state index contributed by atoms with van der Waals surface area (Å²) in [6, 6.07) is 20.9. The van der Waals surface area contributed by atoms with Crippen molar-refractivity contribution in [2.24, 2.45) is 0 Å². The minimum Gasteiger partial charge on any atom is -0.270 e. The third-order valence-corrected chi connectivity index (χ3v) is 5.07. The third-order valence-electron chi connectivity index (χ3n) is 3.95. The van der Waals surface area contributed by atoms with Gasteiger partial charge in [0.15, 0.2) is 11.5 Å². The van der Waals surface area contributed by atoms with Crippen molar-refractivity contribution in [2.75, 3.05) is 0 Å². The molecule has 2 aromatic carbocycles. The van der Waals surface area contributed by atoms with E-state index in [9.17, 15) is 0 Å². The molecule has 8 heteroatoms. The molecule has 2 aromatic heterocycles. The fourth-order valence-corrected chi connectivity index (χ4v) is 3.55. The van der Waals surface area contributed by atoms with Gasteiger partial charge >= 0.3 is 0 Å². The first-order valence-corrected chi connectivity index (χ1v) is 9.53. The highest BCUT2D eigenvalue weighted by molar-refractivity contribution is 7.99. The lowest BCUT2D eigenvalue weighted by molar-refractivity contribution is 0.867. The second kappa shape index (κ2) is 7.80. The van der Waals surface area contributed by atoms with Gasteiger partial charge < -0.3 is 0 Å². The maximum absolute atomic E-state index is 8.89. The molecule has 4 aromatic rings. The molecular formula is C20H13ClN6S. The molecule has 0 radical (unpaired) electrons. The second-order valence-corrected chi connectivity index (χ2v) is 7.38. The standard InChI is InChI=1S/C20H13ClN6S/c1-13-3-2-4-17(11-13)27-19(14-5-7-15(21)8-6-14)25-26-20(27)28-18-10-9-16(12-22)23-24-18/h2-11H,1H3. The first-order chi connectivity index (χ1) is 13.6. The van der Waals surface area contributed by atoms with Crippen molar-refractivity contribution in [3.05, 3.63) is 76.9 Å². The van der Waals surface area contributed by atoms with E-state index in [1.807, 2.05) is 60.0 Å². The number of benzene rings is 2. The molecule has 2 heterocycles. The quantitative estimate of drug-likeness (QED) is 0.490. The monoisotopic (exact) mass is 404 g/mol. The predicted octanol–water partition coefficient (Wildman–Crippen LogP) is 4.71. The van der Waals surface area contributed by atoms with Gasteiger partial charge in [-0.2, -0.15) is 5.26 Å². The van der Waals surface area contributed by atoms with Crippen molar-refractivity contribution in [3.63, 3.8) is 0 Å². The lowest BCUT2D eigenvalue weighted by atomic mass is 10.2. The Balaban J connectivity index is 1.81. The number of aryl methyl sites for hydroxylation is 1. The van der Waals surface area contributed by atoms with Crippen molar-refractivity contribution in [1.29, 1.82) is 5.26 Å². The Morgan fingerprint density at radius 1 is 0.964 bits per heavy atom. The molecule has 4 rings (SSSR count). The van der Waals surface area contributed by atoms with Gasteiger partial charge in [-0.15, -0.1) is 20.4 Å². The second-order valence-electron chi connectivity index (χ2n) is 5.96. The molecule has 0 aliphatic heterocycles. The summed E-state index contributed by atoms with van der Waals surface area (Å²) in [4.78, 5) is 0. The normalized spacial score (nSPS) is 10.6. The predicted molar refractivity (Wildman–Crippen MR) is 107 cm³/mol. The highest BCUT2D eigenvalue weighted by Crippen LogP contribution is 2.31. The van der Waals surface area contributed by atoms with Crippen LogP contribution < -0.4 is 0 Å². The van der Waals surface area contributed by atoms with Crippen molar-refractivity contribution in [3.8, 4) is 23.1 Å². The molecule has 6 nitrogen and oxygen atoms in total. The number of hydrogen-bond acceptors (Lipinski definition) is 6. The summed E-state index contributed by atoms with van der Waals surface area (Å²) in [6.45, 7) is 2.04. The van der Waals surface area contributed by atoms with Crippen LogP contribution in [0, 0.1) is 18.3 Å². The molecule has 0 spiro atoms. The van der Waals surface area contributed by atoms with E-state index in [1.54, 1.807) is 12.1 Å². The summed E-state index contributed by atoms with van der Waals surface area (Å²) >= 11 is 7.36. The van der Waals surface area contributed by atoms with E-state index in [4.69, 9.17) is 16.9 Å². The van der Waals surface area contributed by atoms with Crippen molar-refractivity contribution < 1.29 is 0 Å². The fourth-order valence-electron chi connectivity index (χ4n) is 2.65. The highest BCUT2D eigenvalue weighted by atomic mass is 35.5. The van der Waals surface area contributed by atoms with E-state index in [0.29, 0.717) is 21.0 Å². The van der Waals surface area contributed by atoms with Crippen LogP contribution in [-0.2, 0) is 0 Å². The van der Waals surface area contributed by atoms with Crippen LogP contribution in [0.4, 0.5) is 0 Å². The summed E-state index contributed by atoms with van der Waals surface area (Å²) in [5.74, 6) is 0.700. The summed E-state index contributed by atoms with van der Waals surface area (Å²) < 4.78 is 1.97. The summed E-state index contributed by atoms with van der Waals surface area (Å²) in [5, 5.41) is 27.6. The van der Waals surface area contributed by atoms with Gasteiger partial charge in [0.1, 0.15) is 11.1 Å². The van der Waals surface area contributed by atoms with Gasteiger partial charge in [-0.05, 0) is 72.8 Å². The summed E-state index contributed by atoms with van der Waals surface area (Å²) in [6.07, 6.45) is 0. The Morgan fingerprint density at radius 2 is 1.79 bits per heavy atom. The SMILES string of the molecule is Cc1cccc(-n2c(Sc3ccc(C#N)nn3)nnc2-c2ccc(Cl)cc2)c1. The highest BCUT2D eigenvalue weighted by Gasteiger charge is 2.17. The Labute approximate surface area is 170 Å². The third kappa shape index (κ3) is 3.74. The van der Waals surface area contributed by atoms with Crippen LogP contribution in [0.2, 0.25) is 5.02 Å². The number of halogens is 1. The number of aromatic nitrogens is 5. The zero-order chi connectivity index (χ0) is 19.5. The first kappa shape index (κ1) is 18.2. The molecule has 28 heavy (non-hydrogen) atoms. The largest absolute Gasteiger partial charge is 0.270 e. The molecule has 136 valence electrons. The van der Waals surface area contributed by atoms with E-state index in [1.165, 1.54) is 11.8 Å². The van der Waals surface area contributed by atoms with Crippen molar-refractivity contribution >= 4 is 23.4 Å². The van der Waals surface area contributed by atoms with Gasteiger partial charge in [-0.3, -0.25) is 4.57 Å². The van der Waals surface area contributed by atoms with E-state index < -0.39 is 0 Å². The molecule has 0 amide bonds. The van der Waals surface area contributed by atoms with Crippen LogP contribution in [-0.4, -0.2) is 25.0 Å². The fraction of sp³-hybridized carbons (Fsp3) is 0.0500. The molecule has 0 N–H and O–H groups in total. The van der Waals surface area contributed by atoms with Crippen molar-refractivity contribution in [2.45, 2.75) is 17.1 Å². The molecule has 0 saturated carbocycles. The van der Waals surface area contributed by atoms with Crippen LogP contribution in [0.25, 0.3) is 17.1 Å². The number of hydrogen-bond donors (Lipinski definition) is 0. The zero-order valence-corrected chi connectivity index (χ0v) is 16.3. The van der Waals surface area contributed by atoms with Crippen LogP contribution in [0.15, 0.2) is 70.8 Å². The van der Waals surface area contributed by atoms with Crippen molar-refractivity contribution in [1.82, 2.24) is 25.0 Å². The molecule has 0 unspecified atom stereocenters.